The van der Waals surface area contributed by atoms with Crippen LogP contribution in [0.5, 0.6) is 0 Å². The number of fused-ring (bicyclic) bond motifs is 1. The smallest absolute Gasteiger partial charge is 0.351 e. The van der Waals surface area contributed by atoms with Crippen molar-refractivity contribution in [2.45, 2.75) is 32.0 Å². The first-order valence-corrected chi connectivity index (χ1v) is 7.33. The summed E-state index contributed by atoms with van der Waals surface area (Å²) < 4.78 is 1.54. The van der Waals surface area contributed by atoms with E-state index in [0.29, 0.717) is 17.1 Å². The summed E-state index contributed by atoms with van der Waals surface area (Å²) in [6.07, 6.45) is 2.24. The number of hydrogen-bond donors (Lipinski definition) is 0. The first-order chi connectivity index (χ1) is 8.30. The van der Waals surface area contributed by atoms with Crippen LogP contribution in [0.4, 0.5) is 5.82 Å². The fraction of sp³-hybridized carbons (Fsp3) is 0.545. The zero-order valence-electron chi connectivity index (χ0n) is 10.4. The quantitative estimate of drug-likeness (QED) is 0.490. The van der Waals surface area contributed by atoms with Gasteiger partial charge in [-0.3, -0.25) is 0 Å². The SMILES string of the molecule is CC(C)(C)C(Br)Cc1nc2sccn2c1[N+](=O)[O-]. The third kappa shape index (κ3) is 2.42. The van der Waals surface area contributed by atoms with Gasteiger partial charge < -0.3 is 10.1 Å². The Balaban J connectivity index is 2.41. The molecule has 0 radical (unpaired) electrons. The van der Waals surface area contributed by atoms with Crippen LogP contribution in [-0.4, -0.2) is 19.1 Å². The second kappa shape index (κ2) is 4.62. The second-order valence-electron chi connectivity index (χ2n) is 5.23. The van der Waals surface area contributed by atoms with Gasteiger partial charge in [-0.2, -0.15) is 9.38 Å². The van der Waals surface area contributed by atoms with E-state index >= 15 is 0 Å². The summed E-state index contributed by atoms with van der Waals surface area (Å²) in [5.41, 5.74) is 0.578. The molecule has 0 spiro atoms. The van der Waals surface area contributed by atoms with Crippen molar-refractivity contribution in [1.29, 1.82) is 0 Å². The van der Waals surface area contributed by atoms with E-state index in [1.165, 1.54) is 11.3 Å². The van der Waals surface area contributed by atoms with Gasteiger partial charge >= 0.3 is 5.82 Å². The standard InChI is InChI=1S/C11H14BrN3O2S/c1-11(2,3)8(12)6-7-9(15(16)17)14-4-5-18-10(14)13-7/h4-5,8H,6H2,1-3H3. The first kappa shape index (κ1) is 13.5. The predicted molar refractivity (Wildman–Crippen MR) is 75.6 cm³/mol. The van der Waals surface area contributed by atoms with Crippen molar-refractivity contribution in [1.82, 2.24) is 9.38 Å². The molecule has 18 heavy (non-hydrogen) atoms. The van der Waals surface area contributed by atoms with Gasteiger partial charge in [-0.25, -0.2) is 0 Å². The maximum Gasteiger partial charge on any atom is 0.351 e. The Morgan fingerprint density at radius 3 is 2.83 bits per heavy atom. The van der Waals surface area contributed by atoms with E-state index in [1.54, 1.807) is 16.0 Å². The molecular weight excluding hydrogens is 318 g/mol. The number of alkyl halides is 1. The van der Waals surface area contributed by atoms with Gasteiger partial charge in [0.25, 0.3) is 4.96 Å². The van der Waals surface area contributed by atoms with Crippen molar-refractivity contribution in [3.8, 4) is 0 Å². The van der Waals surface area contributed by atoms with Crippen LogP contribution in [0.1, 0.15) is 26.5 Å². The number of halogens is 1. The van der Waals surface area contributed by atoms with Gasteiger partial charge in [0.05, 0.1) is 0 Å². The molecule has 0 saturated carbocycles. The van der Waals surface area contributed by atoms with Crippen LogP contribution in [0.3, 0.4) is 0 Å². The Morgan fingerprint density at radius 2 is 2.28 bits per heavy atom. The molecule has 0 aliphatic carbocycles. The molecule has 7 heteroatoms. The number of nitro groups is 1. The Morgan fingerprint density at radius 1 is 1.61 bits per heavy atom. The number of hydrogen-bond acceptors (Lipinski definition) is 4. The number of imidazole rings is 1. The molecule has 0 bridgehead atoms. The number of nitrogens with zero attached hydrogens (tertiary/aromatic N) is 3. The predicted octanol–water partition coefficient (Wildman–Crippen LogP) is 3.66. The van der Waals surface area contributed by atoms with Crippen LogP contribution in [0, 0.1) is 15.5 Å². The van der Waals surface area contributed by atoms with Crippen LogP contribution < -0.4 is 0 Å². The highest BCUT2D eigenvalue weighted by atomic mass is 79.9. The van der Waals surface area contributed by atoms with Crippen LogP contribution >= 0.6 is 27.3 Å². The molecule has 5 nitrogen and oxygen atoms in total. The molecule has 1 atom stereocenters. The lowest BCUT2D eigenvalue weighted by Crippen LogP contribution is -2.23. The van der Waals surface area contributed by atoms with Crippen LogP contribution in [0.2, 0.25) is 0 Å². The second-order valence-corrected chi connectivity index (χ2v) is 7.21. The van der Waals surface area contributed by atoms with Gasteiger partial charge in [-0.15, -0.1) is 0 Å². The van der Waals surface area contributed by atoms with Crippen molar-refractivity contribution >= 4 is 38.0 Å². The van der Waals surface area contributed by atoms with E-state index in [2.05, 4.69) is 41.7 Å². The minimum absolute atomic E-state index is 0.0326. The van der Waals surface area contributed by atoms with Crippen LogP contribution in [0.25, 0.3) is 4.96 Å². The van der Waals surface area contributed by atoms with Crippen molar-refractivity contribution < 1.29 is 4.92 Å². The molecule has 1 unspecified atom stereocenters. The van der Waals surface area contributed by atoms with E-state index in [4.69, 9.17) is 0 Å². The molecule has 2 heterocycles. The fourth-order valence-electron chi connectivity index (χ4n) is 1.62. The summed E-state index contributed by atoms with van der Waals surface area (Å²) in [7, 11) is 0. The zero-order valence-corrected chi connectivity index (χ0v) is 12.8. The minimum atomic E-state index is -0.357. The monoisotopic (exact) mass is 331 g/mol. The Bertz CT molecular complexity index is 585. The average Bonchev–Trinajstić information content (AvgIpc) is 2.74. The highest BCUT2D eigenvalue weighted by Crippen LogP contribution is 2.32. The summed E-state index contributed by atoms with van der Waals surface area (Å²) in [6.45, 7) is 6.28. The molecule has 0 amide bonds. The summed E-state index contributed by atoms with van der Waals surface area (Å²) in [5, 5.41) is 13.0. The highest BCUT2D eigenvalue weighted by molar-refractivity contribution is 9.09. The number of thiazole rings is 1. The van der Waals surface area contributed by atoms with E-state index in [1.807, 2.05) is 0 Å². The molecule has 2 aromatic heterocycles. The van der Waals surface area contributed by atoms with E-state index in [-0.39, 0.29) is 21.0 Å². The maximum absolute atomic E-state index is 11.2. The minimum Gasteiger partial charge on any atom is -0.358 e. The summed E-state index contributed by atoms with van der Waals surface area (Å²) in [4.78, 5) is 16.0. The molecule has 0 aliphatic rings. The van der Waals surface area contributed by atoms with Crippen molar-refractivity contribution in [2.24, 2.45) is 5.41 Å². The van der Waals surface area contributed by atoms with E-state index in [9.17, 15) is 10.1 Å². The van der Waals surface area contributed by atoms with Crippen molar-refractivity contribution in [2.75, 3.05) is 0 Å². The highest BCUT2D eigenvalue weighted by Gasteiger charge is 2.29. The van der Waals surface area contributed by atoms with Gasteiger partial charge in [-0.05, 0) is 10.3 Å². The molecular formula is C11H14BrN3O2S. The third-order valence-corrected chi connectivity index (χ3v) is 5.25. The van der Waals surface area contributed by atoms with Crippen LogP contribution in [0.15, 0.2) is 11.6 Å². The van der Waals surface area contributed by atoms with E-state index < -0.39 is 0 Å². The molecule has 98 valence electrons. The Hall–Kier alpha value is -0.950. The topological polar surface area (TPSA) is 60.4 Å². The van der Waals surface area contributed by atoms with Gasteiger partial charge in [0.2, 0.25) is 0 Å². The molecule has 0 aromatic carbocycles. The van der Waals surface area contributed by atoms with Gasteiger partial charge in [0.15, 0.2) is 0 Å². The lowest BCUT2D eigenvalue weighted by atomic mass is 9.89. The summed E-state index contributed by atoms with van der Waals surface area (Å²) >= 11 is 5.00. The van der Waals surface area contributed by atoms with Crippen LogP contribution in [-0.2, 0) is 6.42 Å². The zero-order chi connectivity index (χ0) is 13.5. The third-order valence-electron chi connectivity index (χ3n) is 2.79. The summed E-state index contributed by atoms with van der Waals surface area (Å²) in [6, 6.07) is 0. The Kier molecular flexibility index (Phi) is 3.46. The molecule has 0 fully saturated rings. The molecule has 0 aliphatic heterocycles. The average molecular weight is 332 g/mol. The molecule has 0 N–H and O–H groups in total. The maximum atomic E-state index is 11.2. The first-order valence-electron chi connectivity index (χ1n) is 5.53. The number of rotatable bonds is 3. The molecule has 0 saturated heterocycles. The lowest BCUT2D eigenvalue weighted by Gasteiger charge is -2.24. The fourth-order valence-corrected chi connectivity index (χ4v) is 2.66. The Labute approximate surface area is 117 Å². The van der Waals surface area contributed by atoms with Gasteiger partial charge in [0, 0.05) is 16.6 Å². The van der Waals surface area contributed by atoms with Gasteiger partial charge in [-0.1, -0.05) is 48.0 Å². The summed E-state index contributed by atoms with van der Waals surface area (Å²) in [5.74, 6) is 0.0833. The van der Waals surface area contributed by atoms with Crippen molar-refractivity contribution in [3.63, 3.8) is 0 Å². The van der Waals surface area contributed by atoms with Gasteiger partial charge in [0.1, 0.15) is 11.9 Å². The largest absolute Gasteiger partial charge is 0.358 e. The molecule has 2 aromatic rings. The normalized spacial score (nSPS) is 14.0. The van der Waals surface area contributed by atoms with E-state index in [0.717, 1.165) is 0 Å². The lowest BCUT2D eigenvalue weighted by molar-refractivity contribution is -0.391. The molecule has 2 rings (SSSR count). The van der Waals surface area contributed by atoms with Crippen molar-refractivity contribution in [3.05, 3.63) is 27.4 Å². The number of aromatic nitrogens is 2.